The molecule has 7 heteroatoms. The van der Waals surface area contributed by atoms with Crippen molar-refractivity contribution in [3.8, 4) is 11.5 Å². The van der Waals surface area contributed by atoms with Crippen molar-refractivity contribution in [3.63, 3.8) is 0 Å². The number of nitrogens with one attached hydrogen (secondary N) is 1. The Morgan fingerprint density at radius 1 is 0.943 bits per heavy atom. The maximum atomic E-state index is 12.6. The Balaban J connectivity index is 1.96. The van der Waals surface area contributed by atoms with Gasteiger partial charge in [0.1, 0.15) is 17.3 Å². The van der Waals surface area contributed by atoms with Crippen LogP contribution in [0, 0.1) is 0 Å². The molecule has 3 aromatic rings. The van der Waals surface area contributed by atoms with Crippen LogP contribution in [0.5, 0.6) is 11.5 Å². The lowest BCUT2D eigenvalue weighted by Crippen LogP contribution is -2.35. The van der Waals surface area contributed by atoms with Crippen molar-refractivity contribution >= 4 is 16.8 Å². The van der Waals surface area contributed by atoms with Crippen LogP contribution in [0.3, 0.4) is 0 Å². The molecule has 2 atom stereocenters. The first-order valence-electron chi connectivity index (χ1n) is 11.8. The van der Waals surface area contributed by atoms with Gasteiger partial charge in [-0.1, -0.05) is 37.3 Å². The fraction of sp³-hybridized carbons (Fsp3) is 0.393. The highest BCUT2D eigenvalue weighted by molar-refractivity contribution is 7.84. The van der Waals surface area contributed by atoms with Gasteiger partial charge < -0.3 is 14.4 Å². The highest BCUT2D eigenvalue weighted by Gasteiger charge is 2.29. The Hall–Kier alpha value is -2.90. The average Bonchev–Trinajstić information content (AvgIpc) is 2.88. The summed E-state index contributed by atoms with van der Waals surface area (Å²) in [5, 5.41) is 0. The zero-order valence-corrected chi connectivity index (χ0v) is 22.4. The van der Waals surface area contributed by atoms with E-state index in [0.29, 0.717) is 13.1 Å². The van der Waals surface area contributed by atoms with Crippen LogP contribution in [0.15, 0.2) is 66.9 Å². The number of ether oxygens (including phenoxy) is 2. The van der Waals surface area contributed by atoms with Gasteiger partial charge in [0.25, 0.3) is 0 Å². The van der Waals surface area contributed by atoms with E-state index >= 15 is 0 Å². The predicted octanol–water partition coefficient (Wildman–Crippen LogP) is 5.46. The van der Waals surface area contributed by atoms with E-state index in [-0.39, 0.29) is 10.7 Å². The van der Waals surface area contributed by atoms with Gasteiger partial charge in [-0.2, -0.15) is 0 Å². The Morgan fingerprint density at radius 3 is 1.91 bits per heavy atom. The number of pyridine rings is 1. The van der Waals surface area contributed by atoms with Crippen LogP contribution in [-0.4, -0.2) is 35.2 Å². The van der Waals surface area contributed by atoms with E-state index in [1.807, 2.05) is 50.4 Å². The first-order chi connectivity index (χ1) is 16.8. The molecule has 1 heterocycles. The van der Waals surface area contributed by atoms with Crippen molar-refractivity contribution in [1.82, 2.24) is 9.71 Å². The molecule has 1 unspecified atom stereocenters. The molecule has 188 valence electrons. The summed E-state index contributed by atoms with van der Waals surface area (Å²) >= 11 is 0. The van der Waals surface area contributed by atoms with Gasteiger partial charge in [0.05, 0.1) is 30.0 Å². The zero-order valence-electron chi connectivity index (χ0n) is 21.6. The van der Waals surface area contributed by atoms with Gasteiger partial charge in [-0.25, -0.2) is 13.9 Å². The Labute approximate surface area is 212 Å². The molecular weight excluding hydrogens is 458 g/mol. The van der Waals surface area contributed by atoms with Gasteiger partial charge in [-0.3, -0.25) is 0 Å². The number of hydrogen-bond donors (Lipinski definition) is 1. The SMILES string of the molecule is CNS(=O)C(C)(C)C[C@@H](C)c1cccnc1N(Cc1ccc(OC)cc1)Cc1ccc(OC)cc1. The standard InChI is InChI=1S/C28H37N3O3S/c1-21(18-28(2,3)35(32)29-4)26-8-7-17-30-27(26)31(19-22-9-13-24(33-5)14-10-22)20-23-11-15-25(34-6)16-12-23/h7-17,21,29H,18-20H2,1-6H3/t21-,35?/m1/s1. The number of anilines is 1. The van der Waals surface area contributed by atoms with Crippen molar-refractivity contribution < 1.29 is 13.7 Å². The fourth-order valence-corrected chi connectivity index (χ4v) is 5.32. The van der Waals surface area contributed by atoms with E-state index in [0.717, 1.165) is 29.3 Å². The molecule has 0 bridgehead atoms. The summed E-state index contributed by atoms with van der Waals surface area (Å²) in [6.07, 6.45) is 2.61. The van der Waals surface area contributed by atoms with Crippen molar-refractivity contribution in [2.75, 3.05) is 26.2 Å². The number of rotatable bonds is 12. The molecule has 1 aromatic heterocycles. The van der Waals surface area contributed by atoms with Crippen LogP contribution in [-0.2, 0) is 24.1 Å². The van der Waals surface area contributed by atoms with E-state index in [1.54, 1.807) is 21.3 Å². The predicted molar refractivity (Wildman–Crippen MR) is 144 cm³/mol. The van der Waals surface area contributed by atoms with E-state index < -0.39 is 11.0 Å². The molecule has 0 fully saturated rings. The highest BCUT2D eigenvalue weighted by Crippen LogP contribution is 2.34. The summed E-state index contributed by atoms with van der Waals surface area (Å²) in [7, 11) is 3.96. The molecule has 0 saturated heterocycles. The molecule has 35 heavy (non-hydrogen) atoms. The molecule has 3 rings (SSSR count). The van der Waals surface area contributed by atoms with E-state index in [1.165, 1.54) is 11.1 Å². The van der Waals surface area contributed by atoms with Crippen molar-refractivity contribution in [3.05, 3.63) is 83.6 Å². The third-order valence-electron chi connectivity index (χ3n) is 6.20. The van der Waals surface area contributed by atoms with Crippen LogP contribution >= 0.6 is 0 Å². The van der Waals surface area contributed by atoms with E-state index in [4.69, 9.17) is 14.5 Å². The van der Waals surface area contributed by atoms with Gasteiger partial charge in [0.2, 0.25) is 0 Å². The molecular formula is C28H37N3O3S. The lowest BCUT2D eigenvalue weighted by molar-refractivity contribution is 0.414. The molecule has 0 amide bonds. The van der Waals surface area contributed by atoms with Crippen molar-refractivity contribution in [2.45, 2.75) is 50.9 Å². The number of aromatic nitrogens is 1. The Morgan fingerprint density at radius 2 is 1.46 bits per heavy atom. The van der Waals surface area contributed by atoms with Gasteiger partial charge in [0.15, 0.2) is 0 Å². The first-order valence-corrected chi connectivity index (χ1v) is 13.0. The normalized spacial score (nSPS) is 13.2. The largest absolute Gasteiger partial charge is 0.497 e. The zero-order chi connectivity index (χ0) is 25.4. The highest BCUT2D eigenvalue weighted by atomic mass is 32.2. The summed E-state index contributed by atoms with van der Waals surface area (Å²) in [6.45, 7) is 7.66. The van der Waals surface area contributed by atoms with Crippen LogP contribution in [0.25, 0.3) is 0 Å². The van der Waals surface area contributed by atoms with Crippen molar-refractivity contribution in [2.24, 2.45) is 0 Å². The average molecular weight is 496 g/mol. The second-order valence-electron chi connectivity index (χ2n) is 9.31. The summed E-state index contributed by atoms with van der Waals surface area (Å²) in [5.74, 6) is 2.78. The second kappa shape index (κ2) is 12.2. The molecule has 1 N–H and O–H groups in total. The maximum Gasteiger partial charge on any atom is 0.132 e. The van der Waals surface area contributed by atoms with E-state index in [9.17, 15) is 4.21 Å². The van der Waals surface area contributed by atoms with Gasteiger partial charge >= 0.3 is 0 Å². The summed E-state index contributed by atoms with van der Waals surface area (Å²) < 4.78 is 25.8. The summed E-state index contributed by atoms with van der Waals surface area (Å²) in [5.41, 5.74) is 3.48. The molecule has 2 aromatic carbocycles. The van der Waals surface area contributed by atoms with Crippen LogP contribution in [0.4, 0.5) is 5.82 Å². The molecule has 0 aliphatic heterocycles. The van der Waals surface area contributed by atoms with Gasteiger partial charge in [-0.05, 0) is 80.3 Å². The molecule has 0 aliphatic carbocycles. The second-order valence-corrected chi connectivity index (χ2v) is 11.4. The smallest absolute Gasteiger partial charge is 0.132 e. The molecule has 0 saturated carbocycles. The van der Waals surface area contributed by atoms with Crippen LogP contribution in [0.2, 0.25) is 0 Å². The molecule has 0 spiro atoms. The number of benzene rings is 2. The lowest BCUT2D eigenvalue weighted by Gasteiger charge is -2.31. The first kappa shape index (κ1) is 26.7. The Bertz CT molecular complexity index is 1050. The quantitative estimate of drug-likeness (QED) is 0.361. The number of methoxy groups -OCH3 is 2. The lowest BCUT2D eigenvalue weighted by atomic mass is 9.91. The molecule has 0 aliphatic rings. The monoisotopic (exact) mass is 495 g/mol. The fourth-order valence-electron chi connectivity index (χ4n) is 4.37. The van der Waals surface area contributed by atoms with Crippen molar-refractivity contribution in [1.29, 1.82) is 0 Å². The molecule has 0 radical (unpaired) electrons. The minimum absolute atomic E-state index is 0.167. The topological polar surface area (TPSA) is 63.7 Å². The molecule has 6 nitrogen and oxygen atoms in total. The number of nitrogens with zero attached hydrogens (tertiary/aromatic N) is 2. The Kier molecular flexibility index (Phi) is 9.29. The minimum atomic E-state index is -1.13. The van der Waals surface area contributed by atoms with Gasteiger partial charge in [0, 0.05) is 19.3 Å². The van der Waals surface area contributed by atoms with E-state index in [2.05, 4.69) is 46.9 Å². The number of hydrogen-bond acceptors (Lipinski definition) is 5. The van der Waals surface area contributed by atoms with Gasteiger partial charge in [-0.15, -0.1) is 0 Å². The van der Waals surface area contributed by atoms with Crippen LogP contribution in [0.1, 0.15) is 49.8 Å². The van der Waals surface area contributed by atoms with Crippen LogP contribution < -0.4 is 19.1 Å². The third kappa shape index (κ3) is 7.05. The summed E-state index contributed by atoms with van der Waals surface area (Å²) in [4.78, 5) is 7.14. The summed E-state index contributed by atoms with van der Waals surface area (Å²) in [6, 6.07) is 20.4. The third-order valence-corrected chi connectivity index (χ3v) is 7.74. The maximum absolute atomic E-state index is 12.6. The minimum Gasteiger partial charge on any atom is -0.497 e.